The molecule has 0 N–H and O–H groups in total. The van der Waals surface area contributed by atoms with Gasteiger partial charge >= 0.3 is 5.97 Å². The minimum atomic E-state index is -0.814. The normalized spacial score (nSPS) is 14.8. The predicted molar refractivity (Wildman–Crippen MR) is 165 cm³/mol. The van der Waals surface area contributed by atoms with E-state index >= 15 is 0 Å². The van der Waals surface area contributed by atoms with Crippen LogP contribution in [0.3, 0.4) is 0 Å². The number of benzene rings is 3. The van der Waals surface area contributed by atoms with Crippen molar-refractivity contribution in [3.8, 4) is 11.5 Å². The number of rotatable bonds is 10. The number of esters is 1. The fourth-order valence-electron chi connectivity index (χ4n) is 4.89. The molecule has 2 heterocycles. The van der Waals surface area contributed by atoms with Gasteiger partial charge in [-0.1, -0.05) is 78.7 Å². The third kappa shape index (κ3) is 6.20. The van der Waals surface area contributed by atoms with E-state index in [1.165, 1.54) is 11.3 Å². The Bertz CT molecular complexity index is 1790. The topological polar surface area (TPSA) is 79.1 Å². The molecule has 0 bridgehead atoms. The highest BCUT2D eigenvalue weighted by Crippen LogP contribution is 2.38. The Morgan fingerprint density at radius 3 is 2.52 bits per heavy atom. The fraction of sp³-hybridized carbons (Fsp3) is 0.242. The highest BCUT2D eigenvalue weighted by Gasteiger charge is 2.36. The van der Waals surface area contributed by atoms with Crippen LogP contribution in [0.25, 0.3) is 6.08 Å². The molecule has 0 amide bonds. The zero-order valence-corrected chi connectivity index (χ0v) is 25.2. The van der Waals surface area contributed by atoms with E-state index in [4.69, 9.17) is 30.8 Å². The van der Waals surface area contributed by atoms with Crippen molar-refractivity contribution in [2.75, 3.05) is 13.7 Å². The number of hydrogen-bond acceptors (Lipinski definition) is 7. The second-order valence-corrected chi connectivity index (χ2v) is 11.1. The smallest absolute Gasteiger partial charge is 0.338 e. The Balaban J connectivity index is 1.59. The number of methoxy groups -OCH3 is 1. The van der Waals surface area contributed by atoms with Crippen molar-refractivity contribution in [1.29, 1.82) is 0 Å². The van der Waals surface area contributed by atoms with Crippen molar-refractivity contribution in [1.82, 2.24) is 4.57 Å². The van der Waals surface area contributed by atoms with Crippen molar-refractivity contribution < 1.29 is 19.0 Å². The minimum absolute atomic E-state index is 0.191. The number of aromatic nitrogens is 1. The number of ether oxygens (including phenoxy) is 3. The molecule has 9 heteroatoms. The molecule has 0 fully saturated rings. The molecule has 1 atom stereocenters. The Morgan fingerprint density at radius 1 is 1.07 bits per heavy atom. The summed E-state index contributed by atoms with van der Waals surface area (Å²) in [5.74, 6) is 0.718. The molecule has 0 radical (unpaired) electrons. The lowest BCUT2D eigenvalue weighted by molar-refractivity contribution is -0.139. The van der Waals surface area contributed by atoms with Crippen LogP contribution in [0.4, 0.5) is 0 Å². The lowest BCUT2D eigenvalue weighted by Crippen LogP contribution is -2.40. The van der Waals surface area contributed by atoms with E-state index in [1.807, 2.05) is 67.6 Å². The highest BCUT2D eigenvalue weighted by atomic mass is 35.5. The molecule has 0 spiro atoms. The number of allylic oxidation sites excluding steroid dienone is 1. The number of carbonyl (C=O) groups excluding carboxylic acids is 1. The van der Waals surface area contributed by atoms with Crippen molar-refractivity contribution in [3.05, 3.63) is 125 Å². The summed E-state index contributed by atoms with van der Waals surface area (Å²) in [6, 6.07) is 21.9. The SMILES string of the molecule is CCCC1=C(C(=O)OCC)[C@H](c2cc(Cl)ccc2OC)n2c(s/c(=C/c3ccc(OCc4ccccc4)cc3)c2=O)=N1. The summed E-state index contributed by atoms with van der Waals surface area (Å²) >= 11 is 7.69. The zero-order chi connectivity index (χ0) is 29.6. The molecule has 0 unspecified atom stereocenters. The standard InChI is InChI=1S/C33H31ClN2O5S/c1-4-9-26-29(32(38)40-5-2)30(25-19-23(34)14-17-27(25)39-3)36-31(37)28(42-33(36)35-26)18-21-12-15-24(16-13-21)41-20-22-10-7-6-8-11-22/h6-8,10-19,30H,4-5,9,20H2,1-3H3/b28-18+/t30-/m0/s1. The molecule has 1 aliphatic rings. The third-order valence-corrected chi connectivity index (χ3v) is 8.02. The number of thiazole rings is 1. The van der Waals surface area contributed by atoms with Crippen LogP contribution in [0.5, 0.6) is 11.5 Å². The van der Waals surface area contributed by atoms with Gasteiger partial charge in [-0.15, -0.1) is 0 Å². The van der Waals surface area contributed by atoms with E-state index in [-0.39, 0.29) is 12.2 Å². The lowest BCUT2D eigenvalue weighted by atomic mass is 9.93. The molecular weight excluding hydrogens is 572 g/mol. The first kappa shape index (κ1) is 29.4. The molecule has 3 aromatic carbocycles. The maximum Gasteiger partial charge on any atom is 0.338 e. The van der Waals surface area contributed by atoms with E-state index in [0.29, 0.717) is 50.0 Å². The number of hydrogen-bond donors (Lipinski definition) is 0. The van der Waals surface area contributed by atoms with Gasteiger partial charge in [0.2, 0.25) is 0 Å². The van der Waals surface area contributed by atoms with Gasteiger partial charge in [-0.2, -0.15) is 0 Å². The van der Waals surface area contributed by atoms with Crippen LogP contribution >= 0.6 is 22.9 Å². The average Bonchev–Trinajstić information content (AvgIpc) is 3.31. The summed E-state index contributed by atoms with van der Waals surface area (Å²) < 4.78 is 19.1. The largest absolute Gasteiger partial charge is 0.496 e. The first-order valence-corrected chi connectivity index (χ1v) is 14.9. The van der Waals surface area contributed by atoms with Gasteiger partial charge in [0.25, 0.3) is 5.56 Å². The Kier molecular flexibility index (Phi) is 9.25. The van der Waals surface area contributed by atoms with Crippen LogP contribution in [-0.4, -0.2) is 24.3 Å². The Labute approximate surface area is 253 Å². The van der Waals surface area contributed by atoms with Crippen LogP contribution in [0.15, 0.2) is 93.9 Å². The minimum Gasteiger partial charge on any atom is -0.496 e. The second kappa shape index (κ2) is 13.2. The van der Waals surface area contributed by atoms with E-state index in [2.05, 4.69) is 0 Å². The van der Waals surface area contributed by atoms with Crippen molar-refractivity contribution >= 4 is 35.0 Å². The fourth-order valence-corrected chi connectivity index (χ4v) is 6.09. The average molecular weight is 603 g/mol. The molecule has 0 saturated carbocycles. The summed E-state index contributed by atoms with van der Waals surface area (Å²) in [6.07, 6.45) is 3.13. The molecule has 0 aliphatic carbocycles. The van der Waals surface area contributed by atoms with Gasteiger partial charge in [0.05, 0.1) is 29.5 Å². The number of fused-ring (bicyclic) bond motifs is 1. The van der Waals surface area contributed by atoms with E-state index in [0.717, 1.165) is 23.3 Å². The van der Waals surface area contributed by atoms with Gasteiger partial charge < -0.3 is 14.2 Å². The Morgan fingerprint density at radius 2 is 1.83 bits per heavy atom. The lowest BCUT2D eigenvalue weighted by Gasteiger charge is -2.27. The third-order valence-electron chi connectivity index (χ3n) is 6.80. The van der Waals surface area contributed by atoms with Crippen molar-refractivity contribution in [2.24, 2.45) is 4.99 Å². The first-order chi connectivity index (χ1) is 20.4. The van der Waals surface area contributed by atoms with Crippen molar-refractivity contribution in [3.63, 3.8) is 0 Å². The van der Waals surface area contributed by atoms with Gasteiger partial charge in [0, 0.05) is 10.6 Å². The number of nitrogens with zero attached hydrogens (tertiary/aromatic N) is 2. The van der Waals surface area contributed by atoms with E-state index < -0.39 is 12.0 Å². The molecule has 42 heavy (non-hydrogen) atoms. The number of carbonyl (C=O) groups is 1. The molecule has 216 valence electrons. The molecule has 0 saturated heterocycles. The molecule has 5 rings (SSSR count). The van der Waals surface area contributed by atoms with Crippen LogP contribution in [0.1, 0.15) is 49.4 Å². The monoisotopic (exact) mass is 602 g/mol. The van der Waals surface area contributed by atoms with Crippen LogP contribution in [0.2, 0.25) is 5.02 Å². The quantitative estimate of drug-likeness (QED) is 0.214. The van der Waals surface area contributed by atoms with Gasteiger partial charge in [-0.05, 0) is 60.9 Å². The van der Waals surface area contributed by atoms with E-state index in [1.54, 1.807) is 36.8 Å². The molecule has 4 aromatic rings. The molecule has 1 aliphatic heterocycles. The van der Waals surface area contributed by atoms with Crippen LogP contribution in [-0.2, 0) is 16.1 Å². The zero-order valence-electron chi connectivity index (χ0n) is 23.6. The maximum absolute atomic E-state index is 14.0. The van der Waals surface area contributed by atoms with Crippen LogP contribution < -0.4 is 24.4 Å². The van der Waals surface area contributed by atoms with Crippen molar-refractivity contribution in [2.45, 2.75) is 39.3 Å². The summed E-state index contributed by atoms with van der Waals surface area (Å²) in [5.41, 5.74) is 3.14. The molecule has 7 nitrogen and oxygen atoms in total. The second-order valence-electron chi connectivity index (χ2n) is 9.64. The van der Waals surface area contributed by atoms with Gasteiger partial charge in [0.15, 0.2) is 4.80 Å². The van der Waals surface area contributed by atoms with E-state index in [9.17, 15) is 9.59 Å². The summed E-state index contributed by atoms with van der Waals surface area (Å²) in [5, 5.41) is 0.458. The maximum atomic E-state index is 14.0. The Hall–Kier alpha value is -4.14. The predicted octanol–water partition coefficient (Wildman–Crippen LogP) is 5.82. The number of halogens is 1. The first-order valence-electron chi connectivity index (χ1n) is 13.8. The van der Waals surface area contributed by atoms with Gasteiger partial charge in [-0.3, -0.25) is 9.36 Å². The van der Waals surface area contributed by atoms with Gasteiger partial charge in [-0.25, -0.2) is 9.79 Å². The summed E-state index contributed by atoms with van der Waals surface area (Å²) in [6.45, 7) is 4.42. The molecule has 1 aromatic heterocycles. The highest BCUT2D eigenvalue weighted by molar-refractivity contribution is 7.07. The van der Waals surface area contributed by atoms with Gasteiger partial charge in [0.1, 0.15) is 24.1 Å². The summed E-state index contributed by atoms with van der Waals surface area (Å²) in [7, 11) is 1.55. The summed E-state index contributed by atoms with van der Waals surface area (Å²) in [4.78, 5) is 32.7. The molecular formula is C33H31ClN2O5S. The van der Waals surface area contributed by atoms with Crippen LogP contribution in [0, 0.1) is 0 Å².